The van der Waals surface area contributed by atoms with Crippen LogP contribution in [0.2, 0.25) is 0 Å². The third-order valence-corrected chi connectivity index (χ3v) is 4.60. The second kappa shape index (κ2) is 5.90. The number of alkyl halides is 1. The molecule has 0 spiro atoms. The van der Waals surface area contributed by atoms with Crippen molar-refractivity contribution in [3.8, 4) is 0 Å². The molecule has 2 heterocycles. The van der Waals surface area contributed by atoms with Gasteiger partial charge in [0.15, 0.2) is 0 Å². The summed E-state index contributed by atoms with van der Waals surface area (Å²) in [6.45, 7) is 0.433. The maximum atomic E-state index is 13.8. The number of imidazole rings is 1. The number of H-pyrrole nitrogens is 1. The van der Waals surface area contributed by atoms with E-state index in [9.17, 15) is 9.18 Å². The van der Waals surface area contributed by atoms with Crippen LogP contribution in [0.3, 0.4) is 0 Å². The molecule has 1 N–H and O–H groups in total. The number of hydrogen-bond acceptors (Lipinski definition) is 3. The van der Waals surface area contributed by atoms with E-state index < -0.39 is 0 Å². The molecule has 0 unspecified atom stereocenters. The van der Waals surface area contributed by atoms with Gasteiger partial charge in [-0.2, -0.15) is 0 Å². The van der Waals surface area contributed by atoms with Gasteiger partial charge in [0.2, 0.25) is 0 Å². The number of nitrogens with one attached hydrogen (secondary N) is 1. The zero-order valence-corrected chi connectivity index (χ0v) is 13.9. The molecule has 0 aliphatic rings. The van der Waals surface area contributed by atoms with Gasteiger partial charge >= 0.3 is 4.87 Å². The molecule has 8 heteroatoms. The Morgan fingerprint density at radius 2 is 2.29 bits per heavy atom. The third-order valence-electron chi connectivity index (χ3n) is 3.09. The zero-order chi connectivity index (χ0) is 15.0. The van der Waals surface area contributed by atoms with Crippen LogP contribution in [0.5, 0.6) is 0 Å². The van der Waals surface area contributed by atoms with Crippen LogP contribution in [0.1, 0.15) is 11.5 Å². The molecule has 0 saturated carbocycles. The summed E-state index contributed by atoms with van der Waals surface area (Å²) in [5.41, 5.74) is 2.15. The fourth-order valence-corrected chi connectivity index (χ4v) is 3.26. The van der Waals surface area contributed by atoms with Gasteiger partial charge in [-0.15, -0.1) is 11.6 Å². The predicted molar refractivity (Wildman–Crippen MR) is 85.9 cm³/mol. The van der Waals surface area contributed by atoms with Gasteiger partial charge in [0.25, 0.3) is 0 Å². The van der Waals surface area contributed by atoms with E-state index in [1.807, 2.05) is 4.57 Å². The number of rotatable bonds is 4. The molecule has 0 saturated heterocycles. The molecular formula is C13H10BrClFN3OS. The lowest BCUT2D eigenvalue weighted by atomic mass is 10.3. The predicted octanol–water partition coefficient (Wildman–Crippen LogP) is 3.52. The van der Waals surface area contributed by atoms with E-state index >= 15 is 0 Å². The third kappa shape index (κ3) is 2.90. The molecule has 4 nitrogen and oxygen atoms in total. The van der Waals surface area contributed by atoms with Gasteiger partial charge in [0, 0.05) is 29.4 Å². The van der Waals surface area contributed by atoms with Crippen molar-refractivity contribution in [3.05, 3.63) is 49.0 Å². The molecule has 0 radical (unpaired) electrons. The van der Waals surface area contributed by atoms with E-state index in [1.54, 1.807) is 11.4 Å². The highest BCUT2D eigenvalue weighted by molar-refractivity contribution is 9.10. The topological polar surface area (TPSA) is 50.7 Å². The lowest BCUT2D eigenvalue weighted by Crippen LogP contribution is -2.07. The molecular weight excluding hydrogens is 381 g/mol. The molecule has 21 heavy (non-hydrogen) atoms. The second-order valence-corrected chi connectivity index (χ2v) is 6.56. The molecule has 0 amide bonds. The van der Waals surface area contributed by atoms with Crippen LogP contribution in [-0.2, 0) is 13.0 Å². The minimum Gasteiger partial charge on any atom is -0.322 e. The van der Waals surface area contributed by atoms with Crippen LogP contribution >= 0.6 is 38.9 Å². The van der Waals surface area contributed by atoms with Gasteiger partial charge in [-0.05, 0) is 22.0 Å². The van der Waals surface area contributed by atoms with Gasteiger partial charge in [0.05, 0.1) is 22.1 Å². The summed E-state index contributed by atoms with van der Waals surface area (Å²) in [6.07, 6.45) is 0.573. The first-order chi connectivity index (χ1) is 10.1. The molecule has 3 rings (SSSR count). The number of aryl methyl sites for hydroxylation is 1. The van der Waals surface area contributed by atoms with Crippen molar-refractivity contribution in [3.63, 3.8) is 0 Å². The van der Waals surface area contributed by atoms with E-state index in [0.29, 0.717) is 34.4 Å². The van der Waals surface area contributed by atoms with Crippen molar-refractivity contribution in [2.45, 2.75) is 13.0 Å². The number of hydrogen-bond donors (Lipinski definition) is 1. The summed E-state index contributed by atoms with van der Waals surface area (Å²) in [5.74, 6) is 0.845. The number of aromatic amines is 1. The van der Waals surface area contributed by atoms with E-state index in [1.165, 1.54) is 6.07 Å². The minimum atomic E-state index is -0.347. The largest absolute Gasteiger partial charge is 0.322 e. The Labute approximate surface area is 136 Å². The second-order valence-electron chi connectivity index (χ2n) is 4.48. The van der Waals surface area contributed by atoms with Crippen LogP contribution in [0.15, 0.2) is 26.8 Å². The van der Waals surface area contributed by atoms with E-state index in [-0.39, 0.29) is 10.7 Å². The average molecular weight is 391 g/mol. The van der Waals surface area contributed by atoms with Crippen LogP contribution < -0.4 is 4.87 Å². The number of nitrogens with zero attached hydrogens (tertiary/aromatic N) is 2. The maximum absolute atomic E-state index is 13.8. The van der Waals surface area contributed by atoms with Crippen molar-refractivity contribution in [2.75, 3.05) is 5.88 Å². The molecule has 0 aliphatic carbocycles. The summed E-state index contributed by atoms with van der Waals surface area (Å²) >= 11 is 10.1. The monoisotopic (exact) mass is 389 g/mol. The Bertz CT molecular complexity index is 857. The quantitative estimate of drug-likeness (QED) is 0.693. The number of benzene rings is 1. The fourth-order valence-electron chi connectivity index (χ4n) is 2.18. The van der Waals surface area contributed by atoms with Gasteiger partial charge in [-0.1, -0.05) is 11.3 Å². The molecule has 0 atom stereocenters. The van der Waals surface area contributed by atoms with Crippen LogP contribution in [0.25, 0.3) is 11.0 Å². The van der Waals surface area contributed by atoms with Crippen molar-refractivity contribution >= 4 is 49.9 Å². The number of thiazole rings is 1. The lowest BCUT2D eigenvalue weighted by molar-refractivity contribution is 0.621. The average Bonchev–Trinajstić information content (AvgIpc) is 2.97. The van der Waals surface area contributed by atoms with Crippen molar-refractivity contribution in [1.82, 2.24) is 14.5 Å². The normalized spacial score (nSPS) is 11.4. The Morgan fingerprint density at radius 1 is 1.48 bits per heavy atom. The SMILES string of the molecule is O=c1[nH]c(Cn2c(CCCl)nc3cc(Br)c(F)cc32)cs1. The van der Waals surface area contributed by atoms with Crippen molar-refractivity contribution in [1.29, 1.82) is 0 Å². The van der Waals surface area contributed by atoms with Crippen LogP contribution in [0, 0.1) is 5.82 Å². The molecule has 0 fully saturated rings. The maximum Gasteiger partial charge on any atom is 0.304 e. The van der Waals surface area contributed by atoms with Crippen molar-refractivity contribution in [2.24, 2.45) is 0 Å². The molecule has 2 aromatic heterocycles. The Morgan fingerprint density at radius 3 is 2.95 bits per heavy atom. The van der Waals surface area contributed by atoms with Crippen LogP contribution in [-0.4, -0.2) is 20.4 Å². The summed E-state index contributed by atoms with van der Waals surface area (Å²) < 4.78 is 16.1. The smallest absolute Gasteiger partial charge is 0.304 e. The minimum absolute atomic E-state index is 0.109. The highest BCUT2D eigenvalue weighted by Crippen LogP contribution is 2.25. The molecule has 110 valence electrons. The molecule has 3 aromatic rings. The van der Waals surface area contributed by atoms with Crippen LogP contribution in [0.4, 0.5) is 4.39 Å². The summed E-state index contributed by atoms with van der Waals surface area (Å²) in [5, 5.41) is 1.76. The number of halogens is 3. The molecule has 1 aromatic carbocycles. The van der Waals surface area contributed by atoms with Gasteiger partial charge in [-0.25, -0.2) is 9.37 Å². The number of aromatic nitrogens is 3. The summed E-state index contributed by atoms with van der Waals surface area (Å²) in [7, 11) is 0. The highest BCUT2D eigenvalue weighted by atomic mass is 79.9. The lowest BCUT2D eigenvalue weighted by Gasteiger charge is -2.07. The zero-order valence-electron chi connectivity index (χ0n) is 10.7. The first-order valence-electron chi connectivity index (χ1n) is 6.15. The van der Waals surface area contributed by atoms with E-state index in [0.717, 1.165) is 22.9 Å². The molecule has 0 aliphatic heterocycles. The van der Waals surface area contributed by atoms with E-state index in [2.05, 4.69) is 25.9 Å². The first kappa shape index (κ1) is 14.7. The fraction of sp³-hybridized carbons (Fsp3) is 0.231. The van der Waals surface area contributed by atoms with E-state index in [4.69, 9.17) is 11.6 Å². The number of fused-ring (bicyclic) bond motifs is 1. The Kier molecular flexibility index (Phi) is 4.14. The van der Waals surface area contributed by atoms with Crippen molar-refractivity contribution < 1.29 is 4.39 Å². The van der Waals surface area contributed by atoms with Gasteiger partial charge < -0.3 is 9.55 Å². The Balaban J connectivity index is 2.14. The first-order valence-corrected chi connectivity index (χ1v) is 8.36. The molecule has 0 bridgehead atoms. The summed E-state index contributed by atoms with van der Waals surface area (Å²) in [4.78, 5) is 18.4. The van der Waals surface area contributed by atoms with Gasteiger partial charge in [-0.3, -0.25) is 4.79 Å². The highest BCUT2D eigenvalue weighted by Gasteiger charge is 2.14. The Hall–Kier alpha value is -1.18. The van der Waals surface area contributed by atoms with Gasteiger partial charge in [0.1, 0.15) is 11.6 Å². The standard InChI is InChI=1S/C13H10BrClFN3OS/c14-8-3-10-11(4-9(8)16)19(12(18-10)1-2-15)5-7-6-21-13(20)17-7/h3-4,6H,1-2,5H2,(H,17,20). The summed E-state index contributed by atoms with van der Waals surface area (Å²) in [6, 6.07) is 3.09.